The molecule has 1 aliphatic heterocycles. The Morgan fingerprint density at radius 1 is 0.946 bits per heavy atom. The number of ether oxygens (including phenoxy) is 1. The number of aromatic nitrogens is 2. The number of benzene rings is 3. The van der Waals surface area contributed by atoms with Crippen molar-refractivity contribution in [2.75, 3.05) is 50.0 Å². The van der Waals surface area contributed by atoms with E-state index in [1.54, 1.807) is 30.5 Å². The van der Waals surface area contributed by atoms with Crippen molar-refractivity contribution in [1.29, 1.82) is 0 Å². The summed E-state index contributed by atoms with van der Waals surface area (Å²) in [6, 6.07) is 22.1. The lowest BCUT2D eigenvalue weighted by Crippen LogP contribution is -2.47. The molecule has 1 aromatic heterocycles. The molecule has 1 aliphatic rings. The monoisotopic (exact) mass is 517 g/mol. The van der Waals surface area contributed by atoms with E-state index >= 15 is 0 Å². The van der Waals surface area contributed by atoms with Crippen LogP contribution >= 0.6 is 11.6 Å². The molecule has 8 nitrogen and oxygen atoms in total. The highest BCUT2D eigenvalue weighted by Gasteiger charge is 2.24. The molecule has 0 amide bonds. The molecule has 4 aromatic rings. The number of hydrogen-bond acceptors (Lipinski definition) is 7. The summed E-state index contributed by atoms with van der Waals surface area (Å²) >= 11 is 6.04. The highest BCUT2D eigenvalue weighted by molar-refractivity contribution is 6.30. The molecule has 0 aliphatic carbocycles. The van der Waals surface area contributed by atoms with Crippen LogP contribution in [0.4, 0.5) is 11.4 Å². The normalized spacial score (nSPS) is 14.1. The molecule has 1 fully saturated rings. The first-order chi connectivity index (χ1) is 18.0. The molecule has 3 N–H and O–H groups in total. The van der Waals surface area contributed by atoms with Gasteiger partial charge in [0.1, 0.15) is 11.4 Å². The van der Waals surface area contributed by atoms with E-state index in [4.69, 9.17) is 22.1 Å². The van der Waals surface area contributed by atoms with Crippen molar-refractivity contribution in [3.63, 3.8) is 0 Å². The highest BCUT2D eigenvalue weighted by Crippen LogP contribution is 2.32. The summed E-state index contributed by atoms with van der Waals surface area (Å²) < 4.78 is 7.56. The molecule has 0 unspecified atom stereocenters. The van der Waals surface area contributed by atoms with Crippen molar-refractivity contribution in [1.82, 2.24) is 14.7 Å². The van der Waals surface area contributed by atoms with Crippen molar-refractivity contribution in [2.45, 2.75) is 0 Å². The van der Waals surface area contributed by atoms with Crippen LogP contribution in [0, 0.1) is 0 Å². The van der Waals surface area contributed by atoms with E-state index in [2.05, 4.69) is 14.9 Å². The number of nitrogen functional groups attached to an aromatic ring is 1. The van der Waals surface area contributed by atoms with Crippen molar-refractivity contribution in [3.8, 4) is 28.3 Å². The average Bonchev–Trinajstić information content (AvgIpc) is 2.92. The standard InChI is InChI=1S/C28H28ClN5O3/c29-21-7-9-22(10-8-21)34-28(36)27(26(19-31-34)33-15-13-32(14-16-33)17-18-35)37-23-11-5-20(6-12-23)24-3-1-2-4-25(24)30/h1-12,19,35H,13-18,30H2. The summed E-state index contributed by atoms with van der Waals surface area (Å²) in [5.41, 5.74) is 9.58. The van der Waals surface area contributed by atoms with Gasteiger partial charge in [0.05, 0.1) is 18.5 Å². The minimum Gasteiger partial charge on any atom is -0.449 e. The first kappa shape index (κ1) is 24.8. The van der Waals surface area contributed by atoms with E-state index in [9.17, 15) is 9.90 Å². The van der Waals surface area contributed by atoms with Gasteiger partial charge in [0.15, 0.2) is 0 Å². The van der Waals surface area contributed by atoms with Crippen molar-refractivity contribution in [2.24, 2.45) is 0 Å². The zero-order chi connectivity index (χ0) is 25.8. The lowest BCUT2D eigenvalue weighted by molar-refractivity contribution is 0.188. The predicted molar refractivity (Wildman–Crippen MR) is 147 cm³/mol. The maximum atomic E-state index is 13.7. The number of aliphatic hydroxyl groups is 1. The number of β-amino-alcohol motifs (C(OH)–C–C–N with tert-alkyl or cyclic N) is 1. The number of aliphatic hydroxyl groups excluding tert-OH is 1. The molecule has 9 heteroatoms. The van der Waals surface area contributed by atoms with Crippen LogP contribution in [0.5, 0.6) is 11.5 Å². The van der Waals surface area contributed by atoms with Gasteiger partial charge in [0.2, 0.25) is 5.75 Å². The second kappa shape index (κ2) is 11.0. The van der Waals surface area contributed by atoms with Crippen LogP contribution in [-0.4, -0.2) is 59.1 Å². The van der Waals surface area contributed by atoms with E-state index in [1.165, 1.54) is 4.68 Å². The third-order valence-corrected chi connectivity index (χ3v) is 6.71. The number of hydrogen-bond donors (Lipinski definition) is 2. The van der Waals surface area contributed by atoms with Gasteiger partial charge in [-0.1, -0.05) is 41.9 Å². The zero-order valence-corrected chi connectivity index (χ0v) is 21.0. The number of nitrogens with zero attached hydrogens (tertiary/aromatic N) is 4. The number of piperazine rings is 1. The van der Waals surface area contributed by atoms with E-state index in [0.717, 1.165) is 24.2 Å². The second-order valence-corrected chi connectivity index (χ2v) is 9.25. The smallest absolute Gasteiger partial charge is 0.316 e. The maximum absolute atomic E-state index is 13.7. The van der Waals surface area contributed by atoms with Crippen LogP contribution < -0.4 is 20.9 Å². The average molecular weight is 518 g/mol. The summed E-state index contributed by atoms with van der Waals surface area (Å²) in [4.78, 5) is 18.0. The topological polar surface area (TPSA) is 96.8 Å². The van der Waals surface area contributed by atoms with Gasteiger partial charge in [0, 0.05) is 49.0 Å². The summed E-state index contributed by atoms with van der Waals surface area (Å²) in [5, 5.41) is 14.3. The molecule has 1 saturated heterocycles. The first-order valence-corrected chi connectivity index (χ1v) is 12.5. The van der Waals surface area contributed by atoms with Crippen LogP contribution in [0.2, 0.25) is 5.02 Å². The Morgan fingerprint density at radius 3 is 2.32 bits per heavy atom. The molecule has 0 saturated carbocycles. The van der Waals surface area contributed by atoms with Gasteiger partial charge in [-0.05, 0) is 48.0 Å². The van der Waals surface area contributed by atoms with Gasteiger partial charge in [-0.2, -0.15) is 9.78 Å². The van der Waals surface area contributed by atoms with Crippen LogP contribution in [-0.2, 0) is 0 Å². The first-order valence-electron chi connectivity index (χ1n) is 12.1. The van der Waals surface area contributed by atoms with Crippen LogP contribution in [0.3, 0.4) is 0 Å². The minimum absolute atomic E-state index is 0.123. The molecule has 0 radical (unpaired) electrons. The van der Waals surface area contributed by atoms with Crippen molar-refractivity contribution in [3.05, 3.63) is 94.4 Å². The number of halogens is 1. The fourth-order valence-corrected chi connectivity index (χ4v) is 4.58. The third-order valence-electron chi connectivity index (χ3n) is 6.46. The highest BCUT2D eigenvalue weighted by atomic mass is 35.5. The Labute approximate surface area is 220 Å². The number of rotatable bonds is 7. The largest absolute Gasteiger partial charge is 0.449 e. The van der Waals surface area contributed by atoms with E-state index in [1.807, 2.05) is 48.5 Å². The van der Waals surface area contributed by atoms with Gasteiger partial charge in [-0.15, -0.1) is 0 Å². The number of anilines is 2. The van der Waals surface area contributed by atoms with Crippen LogP contribution in [0.15, 0.2) is 83.8 Å². The molecule has 0 bridgehead atoms. The number of nitrogens with two attached hydrogens (primary N) is 1. The fourth-order valence-electron chi connectivity index (χ4n) is 4.45. The van der Waals surface area contributed by atoms with E-state index in [-0.39, 0.29) is 17.9 Å². The summed E-state index contributed by atoms with van der Waals surface area (Å²) in [6.45, 7) is 3.67. The van der Waals surface area contributed by atoms with Gasteiger partial charge < -0.3 is 20.5 Å². The van der Waals surface area contributed by atoms with Gasteiger partial charge in [-0.3, -0.25) is 9.69 Å². The maximum Gasteiger partial charge on any atom is 0.316 e. The molecular formula is C28H28ClN5O3. The number of para-hydroxylation sites is 1. The Bertz CT molecular complexity index is 1420. The Kier molecular flexibility index (Phi) is 7.41. The minimum atomic E-state index is -0.367. The Morgan fingerprint density at radius 2 is 1.65 bits per heavy atom. The Hall–Kier alpha value is -3.85. The van der Waals surface area contributed by atoms with Crippen molar-refractivity contribution >= 4 is 23.0 Å². The third kappa shape index (κ3) is 5.46. The van der Waals surface area contributed by atoms with Gasteiger partial charge >= 0.3 is 5.56 Å². The molecule has 5 rings (SSSR count). The fraction of sp³-hybridized carbons (Fsp3) is 0.214. The molecule has 0 spiro atoms. The molecule has 0 atom stereocenters. The van der Waals surface area contributed by atoms with E-state index in [0.29, 0.717) is 47.5 Å². The summed E-state index contributed by atoms with van der Waals surface area (Å²) in [7, 11) is 0. The van der Waals surface area contributed by atoms with Crippen molar-refractivity contribution < 1.29 is 9.84 Å². The van der Waals surface area contributed by atoms with Gasteiger partial charge in [0.25, 0.3) is 0 Å². The predicted octanol–water partition coefficient (Wildman–Crippen LogP) is 4.04. The molecule has 3 aromatic carbocycles. The summed E-state index contributed by atoms with van der Waals surface area (Å²) in [6.07, 6.45) is 1.67. The SMILES string of the molecule is Nc1ccccc1-c1ccc(Oc2c(N3CCN(CCO)CC3)cnn(-c3ccc(Cl)cc3)c2=O)cc1. The zero-order valence-electron chi connectivity index (χ0n) is 20.3. The van der Waals surface area contributed by atoms with Crippen LogP contribution in [0.1, 0.15) is 0 Å². The van der Waals surface area contributed by atoms with Crippen LogP contribution in [0.25, 0.3) is 16.8 Å². The lowest BCUT2D eigenvalue weighted by atomic mass is 10.0. The molecular weight excluding hydrogens is 490 g/mol. The summed E-state index contributed by atoms with van der Waals surface area (Å²) in [5.74, 6) is 0.733. The Balaban J connectivity index is 1.49. The van der Waals surface area contributed by atoms with E-state index < -0.39 is 0 Å². The second-order valence-electron chi connectivity index (χ2n) is 8.82. The van der Waals surface area contributed by atoms with Gasteiger partial charge in [-0.25, -0.2) is 0 Å². The quantitative estimate of drug-likeness (QED) is 0.357. The lowest BCUT2D eigenvalue weighted by Gasteiger charge is -2.36. The molecule has 37 heavy (non-hydrogen) atoms. The molecule has 2 heterocycles. The molecule has 190 valence electrons.